The highest BCUT2D eigenvalue weighted by Gasteiger charge is 2.50. The van der Waals surface area contributed by atoms with Gasteiger partial charge in [0.05, 0.1) is 29.7 Å². The third-order valence-electron chi connectivity index (χ3n) is 11.6. The Hall–Kier alpha value is -4.92. The largest absolute Gasteiger partial charge is 0.465 e. The van der Waals surface area contributed by atoms with Crippen molar-refractivity contribution in [3.63, 3.8) is 0 Å². The van der Waals surface area contributed by atoms with Crippen molar-refractivity contribution in [2.45, 2.75) is 95.5 Å². The number of fused-ring (bicyclic) bond motifs is 7. The Balaban J connectivity index is 1.21. The molecule has 4 saturated heterocycles. The lowest BCUT2D eigenvalue weighted by molar-refractivity contribution is 0.0636. The zero-order valence-corrected chi connectivity index (χ0v) is 31.5. The molecule has 8 heterocycles. The van der Waals surface area contributed by atoms with Crippen LogP contribution in [0.2, 0.25) is 0 Å². The SMILES string of the molecule is CC(C)(C)OC(=O)Nc1sc2nccc(-c3c4c(c5c(N6C7CCC6CN(C(=O)O)C7)nc(OC[C@@]67CCCN6C[C@H](F)C7)nc5c3F)COC4)c2c1C#N. The molecular formula is C38H40F2N8O6S. The summed E-state index contributed by atoms with van der Waals surface area (Å²) in [4.78, 5) is 45.1. The van der Waals surface area contributed by atoms with Crippen LogP contribution >= 0.6 is 11.3 Å². The van der Waals surface area contributed by atoms with E-state index in [0.29, 0.717) is 51.1 Å². The first-order valence-electron chi connectivity index (χ1n) is 18.6. The van der Waals surface area contributed by atoms with E-state index >= 15 is 4.39 Å². The molecule has 3 aromatic heterocycles. The van der Waals surface area contributed by atoms with Gasteiger partial charge in [-0.25, -0.2) is 23.4 Å². The van der Waals surface area contributed by atoms with Crippen LogP contribution in [0.3, 0.4) is 0 Å². The number of halogens is 2. The Morgan fingerprint density at radius 1 is 1.16 bits per heavy atom. The van der Waals surface area contributed by atoms with E-state index in [-0.39, 0.29) is 72.6 Å². The smallest absolute Gasteiger partial charge is 0.412 e. The first-order valence-corrected chi connectivity index (χ1v) is 19.4. The number of aromatic nitrogens is 3. The third kappa shape index (κ3) is 5.96. The van der Waals surface area contributed by atoms with Crippen LogP contribution in [0.4, 0.5) is 29.2 Å². The second-order valence-electron chi connectivity index (χ2n) is 16.1. The fourth-order valence-electron chi connectivity index (χ4n) is 9.40. The Labute approximate surface area is 319 Å². The summed E-state index contributed by atoms with van der Waals surface area (Å²) in [7, 11) is 0. The van der Waals surface area contributed by atoms with Crippen LogP contribution in [-0.4, -0.2) is 104 Å². The van der Waals surface area contributed by atoms with Gasteiger partial charge in [-0.1, -0.05) is 11.3 Å². The zero-order chi connectivity index (χ0) is 38.4. The van der Waals surface area contributed by atoms with Crippen LogP contribution in [0.1, 0.15) is 69.6 Å². The summed E-state index contributed by atoms with van der Waals surface area (Å²) in [6.07, 6.45) is 2.33. The van der Waals surface area contributed by atoms with Gasteiger partial charge in [0.1, 0.15) is 45.6 Å². The maximum Gasteiger partial charge on any atom is 0.412 e. The number of likely N-dealkylation sites (tertiary alicyclic amines) is 1. The van der Waals surface area contributed by atoms with Gasteiger partial charge in [-0.2, -0.15) is 15.2 Å². The molecule has 5 aliphatic rings. The average Bonchev–Trinajstić information content (AvgIpc) is 3.94. The van der Waals surface area contributed by atoms with Gasteiger partial charge in [0.25, 0.3) is 0 Å². The number of hydrogen-bond acceptors (Lipinski definition) is 12. The fourth-order valence-corrected chi connectivity index (χ4v) is 10.4. The van der Waals surface area contributed by atoms with E-state index in [1.807, 2.05) is 0 Å². The van der Waals surface area contributed by atoms with Crippen molar-refractivity contribution < 1.29 is 37.7 Å². The molecule has 55 heavy (non-hydrogen) atoms. The molecule has 0 aliphatic carbocycles. The van der Waals surface area contributed by atoms with Gasteiger partial charge in [0.2, 0.25) is 0 Å². The normalized spacial score (nSPS) is 24.7. The number of carboxylic acid groups (broad SMARTS) is 1. The van der Waals surface area contributed by atoms with E-state index in [1.165, 1.54) is 11.1 Å². The summed E-state index contributed by atoms with van der Waals surface area (Å²) in [5.74, 6) is -0.212. The minimum atomic E-state index is -0.987. The maximum atomic E-state index is 17.7. The predicted molar refractivity (Wildman–Crippen MR) is 199 cm³/mol. The molecule has 288 valence electrons. The van der Waals surface area contributed by atoms with Crippen LogP contribution in [0.15, 0.2) is 12.3 Å². The lowest BCUT2D eigenvalue weighted by atomic mass is 9.91. The number of benzene rings is 1. The van der Waals surface area contributed by atoms with Crippen LogP contribution < -0.4 is 15.0 Å². The number of pyridine rings is 1. The summed E-state index contributed by atoms with van der Waals surface area (Å²) in [6.45, 7) is 7.22. The van der Waals surface area contributed by atoms with E-state index < -0.39 is 35.3 Å². The number of ether oxygens (including phenoxy) is 3. The number of piperazine rings is 1. The first-order chi connectivity index (χ1) is 26.3. The summed E-state index contributed by atoms with van der Waals surface area (Å²) >= 11 is 1.09. The van der Waals surface area contributed by atoms with Gasteiger partial charge in [-0.15, -0.1) is 0 Å². The summed E-state index contributed by atoms with van der Waals surface area (Å²) < 4.78 is 50.3. The van der Waals surface area contributed by atoms with Crippen molar-refractivity contribution in [3.8, 4) is 23.2 Å². The molecule has 4 fully saturated rings. The molecule has 9 rings (SSSR count). The Morgan fingerprint density at radius 3 is 2.65 bits per heavy atom. The topological polar surface area (TPSA) is 166 Å². The monoisotopic (exact) mass is 774 g/mol. The summed E-state index contributed by atoms with van der Waals surface area (Å²) in [5, 5.41) is 24.0. The van der Waals surface area contributed by atoms with Crippen LogP contribution in [0, 0.1) is 17.1 Å². The molecule has 14 nitrogen and oxygen atoms in total. The van der Waals surface area contributed by atoms with Gasteiger partial charge in [-0.05, 0) is 75.8 Å². The molecule has 2 bridgehead atoms. The number of carbonyl (C=O) groups is 2. The highest BCUT2D eigenvalue weighted by atomic mass is 32.1. The summed E-state index contributed by atoms with van der Waals surface area (Å²) in [6, 6.07) is 3.38. The number of nitrogens with one attached hydrogen (secondary N) is 1. The molecular weight excluding hydrogens is 735 g/mol. The maximum absolute atomic E-state index is 17.7. The minimum Gasteiger partial charge on any atom is -0.465 e. The first kappa shape index (κ1) is 35.8. The molecule has 0 saturated carbocycles. The number of carbonyl (C=O) groups excluding carboxylic acids is 1. The number of alkyl halides is 1. The highest BCUT2D eigenvalue weighted by molar-refractivity contribution is 7.23. The number of nitrogens with zero attached hydrogens (tertiary/aromatic N) is 7. The Kier molecular flexibility index (Phi) is 8.51. The Bertz CT molecular complexity index is 2300. The van der Waals surface area contributed by atoms with Crippen molar-refractivity contribution in [1.29, 1.82) is 5.26 Å². The molecule has 2 N–H and O–H groups in total. The zero-order valence-electron chi connectivity index (χ0n) is 30.7. The second kappa shape index (κ2) is 13.1. The van der Waals surface area contributed by atoms with E-state index in [1.54, 1.807) is 26.8 Å². The number of anilines is 2. The second-order valence-corrected chi connectivity index (χ2v) is 17.1. The quantitative estimate of drug-likeness (QED) is 0.216. The molecule has 0 spiro atoms. The van der Waals surface area contributed by atoms with Gasteiger partial charge >= 0.3 is 18.2 Å². The van der Waals surface area contributed by atoms with E-state index in [2.05, 4.69) is 26.2 Å². The number of nitriles is 1. The Morgan fingerprint density at radius 2 is 1.93 bits per heavy atom. The number of amides is 2. The van der Waals surface area contributed by atoms with Crippen molar-refractivity contribution in [1.82, 2.24) is 24.8 Å². The lowest BCUT2D eigenvalue weighted by Crippen LogP contribution is -2.55. The highest BCUT2D eigenvalue weighted by Crippen LogP contribution is 2.49. The van der Waals surface area contributed by atoms with Crippen LogP contribution in [0.25, 0.3) is 32.2 Å². The van der Waals surface area contributed by atoms with Gasteiger partial charge in [0, 0.05) is 55.3 Å². The summed E-state index contributed by atoms with van der Waals surface area (Å²) in [5.41, 5.74) is 0.678. The molecule has 4 atom stereocenters. The number of hydrogen-bond donors (Lipinski definition) is 2. The molecule has 17 heteroatoms. The molecule has 2 unspecified atom stereocenters. The minimum absolute atomic E-state index is 0.000634. The fraction of sp³-hybridized carbons (Fsp3) is 0.526. The van der Waals surface area contributed by atoms with Crippen molar-refractivity contribution in [3.05, 3.63) is 34.8 Å². The third-order valence-corrected chi connectivity index (χ3v) is 12.6. The molecule has 1 aromatic carbocycles. The molecule has 5 aliphatic heterocycles. The van der Waals surface area contributed by atoms with Crippen LogP contribution in [-0.2, 0) is 22.7 Å². The van der Waals surface area contributed by atoms with Gasteiger partial charge in [0.15, 0.2) is 5.82 Å². The predicted octanol–water partition coefficient (Wildman–Crippen LogP) is 6.58. The number of thiophene rings is 1. The van der Waals surface area contributed by atoms with E-state index in [0.717, 1.165) is 43.6 Å². The van der Waals surface area contributed by atoms with Gasteiger partial charge in [-0.3, -0.25) is 10.2 Å². The van der Waals surface area contributed by atoms with E-state index in [9.17, 15) is 24.3 Å². The standard InChI is InChI=1S/C38H40F2N8O6S/c1-37(2,3)54-35(49)45-32-23(12-41)27-22(7-9-42-33(27)55-32)26-24-16-52-17-25(24)28-30(29(26)40)43-34(53-18-38-8-4-10-47(38)13-19(39)11-38)44-31(28)48-20-5-6-21(48)15-46(14-20)36(50)51/h7,9,19-21H,4-6,8,10-11,13-18H2,1-3H3,(H,45,49)(H,50,51)/t19-,20?,21?,38+/m1/s1. The van der Waals surface area contributed by atoms with Crippen molar-refractivity contribution in [2.75, 3.05) is 43.0 Å². The molecule has 0 radical (unpaired) electrons. The van der Waals surface area contributed by atoms with Gasteiger partial charge < -0.3 is 29.1 Å². The number of rotatable bonds is 6. The average molecular weight is 775 g/mol. The molecule has 4 aromatic rings. The van der Waals surface area contributed by atoms with E-state index in [4.69, 9.17) is 24.2 Å². The van der Waals surface area contributed by atoms with Crippen LogP contribution in [0.5, 0.6) is 6.01 Å². The van der Waals surface area contributed by atoms with Crippen molar-refractivity contribution in [2.24, 2.45) is 0 Å². The van der Waals surface area contributed by atoms with Crippen molar-refractivity contribution >= 4 is 55.5 Å². The lowest BCUT2D eigenvalue weighted by Gasteiger charge is -2.41. The molecule has 2 amide bonds.